The molecule has 136 valence electrons. The summed E-state index contributed by atoms with van der Waals surface area (Å²) in [4.78, 5) is 12.3. The van der Waals surface area contributed by atoms with Gasteiger partial charge >= 0.3 is 0 Å². The number of amides is 1. The summed E-state index contributed by atoms with van der Waals surface area (Å²) in [6.07, 6.45) is 2.43. The van der Waals surface area contributed by atoms with Crippen LogP contribution in [0.25, 0.3) is 0 Å². The zero-order valence-electron chi connectivity index (χ0n) is 14.4. The number of carbonyl (C=O) groups is 1. The number of halogens is 2. The number of benzene rings is 1. The van der Waals surface area contributed by atoms with E-state index in [1.807, 2.05) is 18.2 Å². The van der Waals surface area contributed by atoms with Gasteiger partial charge in [0, 0.05) is 30.2 Å². The van der Waals surface area contributed by atoms with Gasteiger partial charge in [-0.2, -0.15) is 0 Å². The molecule has 0 radical (unpaired) electrons. The van der Waals surface area contributed by atoms with Crippen LogP contribution in [0.1, 0.15) is 38.7 Å². The van der Waals surface area contributed by atoms with Crippen LogP contribution in [-0.4, -0.2) is 31.7 Å². The molecule has 1 amide bonds. The van der Waals surface area contributed by atoms with Crippen molar-refractivity contribution < 1.29 is 9.53 Å². The molecule has 4 nitrogen and oxygen atoms in total. The van der Waals surface area contributed by atoms with Crippen LogP contribution in [0.2, 0.25) is 5.02 Å². The highest BCUT2D eigenvalue weighted by molar-refractivity contribution is 6.30. The van der Waals surface area contributed by atoms with Gasteiger partial charge in [-0.15, -0.1) is 12.4 Å². The van der Waals surface area contributed by atoms with Gasteiger partial charge in [0.05, 0.1) is 6.04 Å². The van der Waals surface area contributed by atoms with Crippen molar-refractivity contribution in [2.24, 2.45) is 11.7 Å². The molecule has 1 heterocycles. The van der Waals surface area contributed by atoms with E-state index in [1.54, 1.807) is 0 Å². The number of nitrogens with one attached hydrogen (secondary N) is 1. The van der Waals surface area contributed by atoms with Crippen LogP contribution in [0.15, 0.2) is 24.3 Å². The van der Waals surface area contributed by atoms with Crippen molar-refractivity contribution in [3.05, 3.63) is 34.9 Å². The average molecular weight is 375 g/mol. The van der Waals surface area contributed by atoms with E-state index in [2.05, 4.69) is 25.2 Å². The highest BCUT2D eigenvalue weighted by Crippen LogP contribution is 2.35. The lowest BCUT2D eigenvalue weighted by Crippen LogP contribution is -2.49. The largest absolute Gasteiger partial charge is 0.381 e. The van der Waals surface area contributed by atoms with Crippen LogP contribution in [0, 0.1) is 5.92 Å². The maximum absolute atomic E-state index is 12.3. The van der Waals surface area contributed by atoms with Crippen LogP contribution in [0.3, 0.4) is 0 Å². The Hall–Kier alpha value is -0.810. The molecule has 1 aliphatic heterocycles. The van der Waals surface area contributed by atoms with Crippen LogP contribution in [-0.2, 0) is 14.9 Å². The Morgan fingerprint density at radius 3 is 2.62 bits per heavy atom. The zero-order valence-corrected chi connectivity index (χ0v) is 16.0. The van der Waals surface area contributed by atoms with Crippen molar-refractivity contribution in [2.45, 2.75) is 44.6 Å². The van der Waals surface area contributed by atoms with Crippen molar-refractivity contribution in [1.82, 2.24) is 5.32 Å². The summed E-state index contributed by atoms with van der Waals surface area (Å²) >= 11 is 6.16. The van der Waals surface area contributed by atoms with E-state index >= 15 is 0 Å². The average Bonchev–Trinajstić information content (AvgIpc) is 2.53. The molecule has 0 bridgehead atoms. The second-order valence-electron chi connectivity index (χ2n) is 6.86. The molecule has 24 heavy (non-hydrogen) atoms. The van der Waals surface area contributed by atoms with E-state index in [0.29, 0.717) is 32.1 Å². The highest BCUT2D eigenvalue weighted by atomic mass is 35.5. The molecular formula is C18H28Cl2N2O2. The SMILES string of the molecule is CC(C)C[C@H](N)C(=O)NCC1(c2cccc(Cl)c2)CCOCC1.Cl. The molecule has 0 spiro atoms. The van der Waals surface area contributed by atoms with Gasteiger partial charge in [-0.25, -0.2) is 0 Å². The third kappa shape index (κ3) is 5.62. The molecule has 1 fully saturated rings. The smallest absolute Gasteiger partial charge is 0.236 e. The summed E-state index contributed by atoms with van der Waals surface area (Å²) in [6, 6.07) is 7.45. The van der Waals surface area contributed by atoms with Gasteiger partial charge in [0.15, 0.2) is 0 Å². The predicted octanol–water partition coefficient (Wildman–Crippen LogP) is 3.30. The lowest BCUT2D eigenvalue weighted by atomic mass is 9.74. The lowest BCUT2D eigenvalue weighted by Gasteiger charge is -2.38. The topological polar surface area (TPSA) is 64.4 Å². The number of ether oxygens (including phenoxy) is 1. The molecule has 0 aliphatic carbocycles. The minimum atomic E-state index is -0.453. The van der Waals surface area contributed by atoms with Crippen molar-refractivity contribution in [3.8, 4) is 0 Å². The maximum Gasteiger partial charge on any atom is 0.236 e. The second-order valence-corrected chi connectivity index (χ2v) is 7.29. The normalized spacial score (nSPS) is 17.9. The molecule has 1 aromatic carbocycles. The molecule has 0 aromatic heterocycles. The first-order valence-electron chi connectivity index (χ1n) is 8.30. The van der Waals surface area contributed by atoms with E-state index in [1.165, 1.54) is 0 Å². The van der Waals surface area contributed by atoms with Crippen LogP contribution in [0.4, 0.5) is 0 Å². The third-order valence-electron chi connectivity index (χ3n) is 4.55. The molecular weight excluding hydrogens is 347 g/mol. The standard InChI is InChI=1S/C18H27ClN2O2.ClH/c1-13(2)10-16(20)17(22)21-12-18(6-8-23-9-7-18)14-4-3-5-15(19)11-14;/h3-5,11,13,16H,6-10,12,20H2,1-2H3,(H,21,22);1H/t16-;/m0./s1. The molecule has 2 rings (SSSR count). The number of nitrogens with two attached hydrogens (primary N) is 1. The summed E-state index contributed by atoms with van der Waals surface area (Å²) in [5, 5.41) is 3.77. The zero-order chi connectivity index (χ0) is 16.9. The summed E-state index contributed by atoms with van der Waals surface area (Å²) < 4.78 is 5.51. The summed E-state index contributed by atoms with van der Waals surface area (Å²) in [5.41, 5.74) is 7.01. The number of carbonyl (C=O) groups excluding carboxylic acids is 1. The molecule has 6 heteroatoms. The first-order chi connectivity index (χ1) is 10.9. The summed E-state index contributed by atoms with van der Waals surface area (Å²) in [5.74, 6) is 0.326. The minimum absolute atomic E-state index is 0. The van der Waals surface area contributed by atoms with E-state index in [0.717, 1.165) is 23.4 Å². The number of hydrogen-bond donors (Lipinski definition) is 2. The van der Waals surface area contributed by atoms with Gasteiger partial charge in [0.2, 0.25) is 5.91 Å². The van der Waals surface area contributed by atoms with E-state index in [-0.39, 0.29) is 23.7 Å². The van der Waals surface area contributed by atoms with Crippen molar-refractivity contribution in [1.29, 1.82) is 0 Å². The maximum atomic E-state index is 12.3. The van der Waals surface area contributed by atoms with E-state index < -0.39 is 6.04 Å². The first-order valence-corrected chi connectivity index (χ1v) is 8.68. The highest BCUT2D eigenvalue weighted by Gasteiger charge is 2.35. The fraction of sp³-hybridized carbons (Fsp3) is 0.611. The fourth-order valence-electron chi connectivity index (χ4n) is 3.15. The van der Waals surface area contributed by atoms with Crippen molar-refractivity contribution >= 4 is 29.9 Å². The molecule has 1 atom stereocenters. The minimum Gasteiger partial charge on any atom is -0.381 e. The fourth-order valence-corrected chi connectivity index (χ4v) is 3.34. The Bertz CT molecular complexity index is 532. The van der Waals surface area contributed by atoms with Crippen molar-refractivity contribution in [3.63, 3.8) is 0 Å². The van der Waals surface area contributed by atoms with E-state index in [9.17, 15) is 4.79 Å². The third-order valence-corrected chi connectivity index (χ3v) is 4.79. The van der Waals surface area contributed by atoms with Crippen molar-refractivity contribution in [2.75, 3.05) is 19.8 Å². The molecule has 1 aromatic rings. The summed E-state index contributed by atoms with van der Waals surface area (Å²) in [7, 11) is 0. The van der Waals surface area contributed by atoms with Gasteiger partial charge in [0.1, 0.15) is 0 Å². The van der Waals surface area contributed by atoms with Gasteiger partial charge in [-0.05, 0) is 42.9 Å². The Labute approximate surface area is 155 Å². The molecule has 1 aliphatic rings. The summed E-state index contributed by atoms with van der Waals surface area (Å²) in [6.45, 7) is 6.10. The molecule has 3 N–H and O–H groups in total. The first kappa shape index (κ1) is 21.2. The second kappa shape index (κ2) is 9.62. The number of rotatable bonds is 6. The van der Waals surface area contributed by atoms with Crippen LogP contribution in [0.5, 0.6) is 0 Å². The molecule has 0 saturated carbocycles. The molecule has 1 saturated heterocycles. The van der Waals surface area contributed by atoms with Crippen LogP contribution >= 0.6 is 24.0 Å². The van der Waals surface area contributed by atoms with Gasteiger partial charge in [-0.1, -0.05) is 37.6 Å². The number of hydrogen-bond acceptors (Lipinski definition) is 3. The Kier molecular flexibility index (Phi) is 8.51. The monoisotopic (exact) mass is 374 g/mol. The molecule has 0 unspecified atom stereocenters. The van der Waals surface area contributed by atoms with E-state index in [4.69, 9.17) is 22.1 Å². The van der Waals surface area contributed by atoms with Gasteiger partial charge in [0.25, 0.3) is 0 Å². The predicted molar refractivity (Wildman–Crippen MR) is 101 cm³/mol. The van der Waals surface area contributed by atoms with Gasteiger partial charge < -0.3 is 15.8 Å². The lowest BCUT2D eigenvalue weighted by molar-refractivity contribution is -0.123. The Morgan fingerprint density at radius 2 is 2.04 bits per heavy atom. The Balaban J connectivity index is 0.00000288. The Morgan fingerprint density at radius 1 is 1.38 bits per heavy atom. The van der Waals surface area contributed by atoms with Crippen LogP contribution < -0.4 is 11.1 Å². The quantitative estimate of drug-likeness (QED) is 0.802. The van der Waals surface area contributed by atoms with Gasteiger partial charge in [-0.3, -0.25) is 4.79 Å².